The summed E-state index contributed by atoms with van der Waals surface area (Å²) in [6.45, 7) is 6.64. The molecule has 0 spiro atoms. The summed E-state index contributed by atoms with van der Waals surface area (Å²) in [5.41, 5.74) is 7.67. The van der Waals surface area contributed by atoms with Crippen molar-refractivity contribution in [3.05, 3.63) is 96.7 Å². The summed E-state index contributed by atoms with van der Waals surface area (Å²) in [6, 6.07) is 28.3. The number of fused-ring (bicyclic) bond motifs is 3. The van der Waals surface area contributed by atoms with Gasteiger partial charge in [0.05, 0.1) is 28.4 Å². The van der Waals surface area contributed by atoms with E-state index in [1.54, 1.807) is 6.07 Å². The van der Waals surface area contributed by atoms with Crippen LogP contribution in [0.3, 0.4) is 0 Å². The molecule has 0 unspecified atom stereocenters. The minimum absolute atomic E-state index is 0.00688. The number of para-hydroxylation sites is 3. The van der Waals surface area contributed by atoms with Gasteiger partial charge in [-0.15, -0.1) is 0 Å². The molecule has 3 heterocycles. The van der Waals surface area contributed by atoms with Gasteiger partial charge in [-0.1, -0.05) is 57.2 Å². The number of hydrogen-bond donors (Lipinski definition) is 2. The number of rotatable bonds is 2. The van der Waals surface area contributed by atoms with Gasteiger partial charge in [-0.3, -0.25) is 4.90 Å². The molecule has 3 aromatic carbocycles. The highest BCUT2D eigenvalue weighted by atomic mass is 16.3. The molecule has 2 aromatic heterocycles. The van der Waals surface area contributed by atoms with E-state index in [4.69, 9.17) is 9.97 Å². The van der Waals surface area contributed by atoms with Gasteiger partial charge in [-0.05, 0) is 59.5 Å². The molecule has 1 aliphatic heterocycles. The SMILES string of the molecule is CC(C)(C)c1ccnc(N2c3ccccc3Nc3ccc(-c4ccc5cccc(O)c5n4)cc32)c1. The number of nitrogens with one attached hydrogen (secondary N) is 1. The molecular formula is C30H26N4O. The molecular weight excluding hydrogens is 432 g/mol. The van der Waals surface area contributed by atoms with E-state index in [1.807, 2.05) is 42.6 Å². The number of phenols is 1. The van der Waals surface area contributed by atoms with Crippen LogP contribution >= 0.6 is 0 Å². The highest BCUT2D eigenvalue weighted by Gasteiger charge is 2.26. The van der Waals surface area contributed by atoms with E-state index in [2.05, 4.69) is 73.5 Å². The minimum Gasteiger partial charge on any atom is -0.506 e. The lowest BCUT2D eigenvalue weighted by molar-refractivity contribution is 0.480. The van der Waals surface area contributed by atoms with E-state index in [-0.39, 0.29) is 11.2 Å². The van der Waals surface area contributed by atoms with Crippen LogP contribution in [0.4, 0.5) is 28.6 Å². The van der Waals surface area contributed by atoms with Crippen molar-refractivity contribution < 1.29 is 5.11 Å². The molecule has 35 heavy (non-hydrogen) atoms. The van der Waals surface area contributed by atoms with E-state index in [0.717, 1.165) is 45.2 Å². The van der Waals surface area contributed by atoms with Gasteiger partial charge >= 0.3 is 0 Å². The van der Waals surface area contributed by atoms with E-state index < -0.39 is 0 Å². The third-order valence-electron chi connectivity index (χ3n) is 6.49. The standard InChI is InChI=1S/C30H26N4O/c1-30(2,3)21-15-16-31-28(18-21)34-25-9-5-4-8-23(25)32-24-14-12-20(17-26(24)34)22-13-11-19-7-6-10-27(35)29(19)33-22/h4-18,32,35H,1-3H3. The highest BCUT2D eigenvalue weighted by molar-refractivity contribution is 5.97. The minimum atomic E-state index is 0.00688. The summed E-state index contributed by atoms with van der Waals surface area (Å²) < 4.78 is 0. The molecule has 0 amide bonds. The highest BCUT2D eigenvalue weighted by Crippen LogP contribution is 2.48. The van der Waals surface area contributed by atoms with Crippen molar-refractivity contribution in [1.82, 2.24) is 9.97 Å². The van der Waals surface area contributed by atoms with Gasteiger partial charge < -0.3 is 10.4 Å². The number of phenolic OH excluding ortho intramolecular Hbond substituents is 1. The van der Waals surface area contributed by atoms with Crippen LogP contribution in [0, 0.1) is 0 Å². The van der Waals surface area contributed by atoms with Crippen LogP contribution in [0.15, 0.2) is 91.1 Å². The van der Waals surface area contributed by atoms with Gasteiger partial charge in [-0.2, -0.15) is 0 Å². The molecule has 0 aliphatic carbocycles. The van der Waals surface area contributed by atoms with Crippen LogP contribution in [0.1, 0.15) is 26.3 Å². The molecule has 0 saturated carbocycles. The Morgan fingerprint density at radius 2 is 1.63 bits per heavy atom. The van der Waals surface area contributed by atoms with Gasteiger partial charge in [0.2, 0.25) is 0 Å². The third-order valence-corrected chi connectivity index (χ3v) is 6.49. The molecule has 6 rings (SSSR count). The van der Waals surface area contributed by atoms with Crippen molar-refractivity contribution in [3.8, 4) is 17.0 Å². The molecule has 2 N–H and O–H groups in total. The number of aromatic hydroxyl groups is 1. The molecule has 172 valence electrons. The van der Waals surface area contributed by atoms with Crippen molar-refractivity contribution in [3.63, 3.8) is 0 Å². The van der Waals surface area contributed by atoms with Crippen molar-refractivity contribution in [2.75, 3.05) is 10.2 Å². The molecule has 0 atom stereocenters. The lowest BCUT2D eigenvalue weighted by atomic mass is 9.87. The Morgan fingerprint density at radius 3 is 2.49 bits per heavy atom. The number of anilines is 5. The normalized spacial score (nSPS) is 12.7. The Kier molecular flexibility index (Phi) is 4.74. The summed E-state index contributed by atoms with van der Waals surface area (Å²) in [4.78, 5) is 11.8. The molecule has 5 heteroatoms. The van der Waals surface area contributed by atoms with Crippen LogP contribution in [0.25, 0.3) is 22.2 Å². The second kappa shape index (κ2) is 7.84. The fourth-order valence-corrected chi connectivity index (χ4v) is 4.58. The van der Waals surface area contributed by atoms with Crippen molar-refractivity contribution in [1.29, 1.82) is 0 Å². The van der Waals surface area contributed by atoms with Crippen LogP contribution in [0.5, 0.6) is 5.75 Å². The Hall–Kier alpha value is -4.38. The maximum Gasteiger partial charge on any atom is 0.141 e. The number of hydrogen-bond acceptors (Lipinski definition) is 5. The van der Waals surface area contributed by atoms with Gasteiger partial charge in [0, 0.05) is 17.1 Å². The maximum atomic E-state index is 10.3. The quantitative estimate of drug-likeness (QED) is 0.277. The smallest absolute Gasteiger partial charge is 0.141 e. The molecule has 5 nitrogen and oxygen atoms in total. The predicted molar refractivity (Wildman–Crippen MR) is 143 cm³/mol. The van der Waals surface area contributed by atoms with Gasteiger partial charge in [0.25, 0.3) is 0 Å². The van der Waals surface area contributed by atoms with Gasteiger partial charge in [0.1, 0.15) is 17.1 Å². The maximum absolute atomic E-state index is 10.3. The first-order valence-electron chi connectivity index (χ1n) is 11.7. The average molecular weight is 459 g/mol. The Bertz CT molecular complexity index is 1590. The number of pyridine rings is 2. The van der Waals surface area contributed by atoms with E-state index in [9.17, 15) is 5.11 Å². The lowest BCUT2D eigenvalue weighted by Crippen LogP contribution is -2.20. The molecule has 0 radical (unpaired) electrons. The zero-order chi connectivity index (χ0) is 24.2. The van der Waals surface area contributed by atoms with Crippen LogP contribution in [0.2, 0.25) is 0 Å². The molecule has 0 saturated heterocycles. The van der Waals surface area contributed by atoms with Crippen LogP contribution in [-0.4, -0.2) is 15.1 Å². The van der Waals surface area contributed by atoms with Crippen LogP contribution < -0.4 is 10.2 Å². The Labute approximate surface area is 204 Å². The first-order chi connectivity index (χ1) is 16.9. The number of benzene rings is 3. The van der Waals surface area contributed by atoms with Gasteiger partial charge in [-0.25, -0.2) is 9.97 Å². The molecule has 0 fully saturated rings. The first-order valence-corrected chi connectivity index (χ1v) is 11.7. The first kappa shape index (κ1) is 21.2. The number of nitrogens with zero attached hydrogens (tertiary/aromatic N) is 3. The van der Waals surface area contributed by atoms with Gasteiger partial charge in [0.15, 0.2) is 0 Å². The summed E-state index contributed by atoms with van der Waals surface area (Å²) in [6.07, 6.45) is 1.89. The second-order valence-corrected chi connectivity index (χ2v) is 9.91. The summed E-state index contributed by atoms with van der Waals surface area (Å²) in [7, 11) is 0. The second-order valence-electron chi connectivity index (χ2n) is 9.91. The fourth-order valence-electron chi connectivity index (χ4n) is 4.58. The van der Waals surface area contributed by atoms with Crippen molar-refractivity contribution >= 4 is 39.5 Å². The van der Waals surface area contributed by atoms with Crippen LogP contribution in [-0.2, 0) is 5.41 Å². The predicted octanol–water partition coefficient (Wildman–Crippen LogP) is 7.83. The Morgan fingerprint density at radius 1 is 0.800 bits per heavy atom. The third kappa shape index (κ3) is 3.66. The largest absolute Gasteiger partial charge is 0.506 e. The van der Waals surface area contributed by atoms with E-state index in [1.165, 1.54) is 5.56 Å². The Balaban J connectivity index is 1.53. The number of aromatic nitrogens is 2. The lowest BCUT2D eigenvalue weighted by Gasteiger charge is -2.34. The summed E-state index contributed by atoms with van der Waals surface area (Å²) >= 11 is 0. The monoisotopic (exact) mass is 458 g/mol. The van der Waals surface area contributed by atoms with Crippen molar-refractivity contribution in [2.45, 2.75) is 26.2 Å². The topological polar surface area (TPSA) is 61.3 Å². The molecule has 5 aromatic rings. The molecule has 0 bridgehead atoms. The summed E-state index contributed by atoms with van der Waals surface area (Å²) in [5.74, 6) is 1.05. The van der Waals surface area contributed by atoms with E-state index >= 15 is 0 Å². The zero-order valence-corrected chi connectivity index (χ0v) is 19.9. The average Bonchev–Trinajstić information content (AvgIpc) is 2.86. The fraction of sp³-hybridized carbons (Fsp3) is 0.133. The molecule has 1 aliphatic rings. The zero-order valence-electron chi connectivity index (χ0n) is 19.9. The summed E-state index contributed by atoms with van der Waals surface area (Å²) in [5, 5.41) is 14.8. The van der Waals surface area contributed by atoms with E-state index in [0.29, 0.717) is 5.52 Å². The van der Waals surface area contributed by atoms with Crippen molar-refractivity contribution in [2.24, 2.45) is 0 Å².